The van der Waals surface area contributed by atoms with Gasteiger partial charge in [0.15, 0.2) is 0 Å². The Morgan fingerprint density at radius 1 is 1.33 bits per heavy atom. The van der Waals surface area contributed by atoms with E-state index in [9.17, 15) is 0 Å². The average molecular weight is 201 g/mol. The highest BCUT2D eigenvalue weighted by atomic mass is 15.0. The topological polar surface area (TPSA) is 37.6 Å². The molecule has 0 bridgehead atoms. The Balaban J connectivity index is 2.25. The first-order valence-electron chi connectivity index (χ1n) is 5.22. The highest BCUT2D eigenvalue weighted by Crippen LogP contribution is 2.11. The van der Waals surface area contributed by atoms with E-state index in [1.807, 2.05) is 19.2 Å². The van der Waals surface area contributed by atoms with Gasteiger partial charge >= 0.3 is 0 Å². The SMILES string of the molecule is Cc1cc(C2=NC(C(C)C)=NC2)ccn1. The third-order valence-electron chi connectivity index (χ3n) is 2.39. The molecule has 0 aromatic carbocycles. The zero-order valence-corrected chi connectivity index (χ0v) is 9.36. The van der Waals surface area contributed by atoms with E-state index in [0.29, 0.717) is 12.5 Å². The highest BCUT2D eigenvalue weighted by molar-refractivity contribution is 6.12. The monoisotopic (exact) mass is 201 g/mol. The van der Waals surface area contributed by atoms with Gasteiger partial charge in [0.1, 0.15) is 5.84 Å². The Morgan fingerprint density at radius 2 is 2.13 bits per heavy atom. The third kappa shape index (κ3) is 2.12. The Kier molecular flexibility index (Phi) is 2.62. The van der Waals surface area contributed by atoms with Crippen LogP contribution in [0.15, 0.2) is 28.3 Å². The molecular weight excluding hydrogens is 186 g/mol. The number of aliphatic imine (C=N–C) groups is 2. The van der Waals surface area contributed by atoms with E-state index in [4.69, 9.17) is 0 Å². The minimum absolute atomic E-state index is 0.408. The summed E-state index contributed by atoms with van der Waals surface area (Å²) in [6, 6.07) is 4.04. The fourth-order valence-electron chi connectivity index (χ4n) is 1.56. The largest absolute Gasteiger partial charge is 0.264 e. The fraction of sp³-hybridized carbons (Fsp3) is 0.417. The summed E-state index contributed by atoms with van der Waals surface area (Å²) in [5.74, 6) is 1.37. The number of nitrogens with zero attached hydrogens (tertiary/aromatic N) is 3. The summed E-state index contributed by atoms with van der Waals surface area (Å²) >= 11 is 0. The molecule has 0 saturated carbocycles. The van der Waals surface area contributed by atoms with Gasteiger partial charge in [0.05, 0.1) is 12.3 Å². The third-order valence-corrected chi connectivity index (χ3v) is 2.39. The summed E-state index contributed by atoms with van der Waals surface area (Å²) in [6.45, 7) is 6.92. The van der Waals surface area contributed by atoms with Gasteiger partial charge in [-0.2, -0.15) is 0 Å². The van der Waals surface area contributed by atoms with Crippen molar-refractivity contribution in [3.8, 4) is 0 Å². The molecular formula is C12H15N3. The van der Waals surface area contributed by atoms with Crippen LogP contribution in [0.25, 0.3) is 0 Å². The molecule has 3 heteroatoms. The number of amidine groups is 1. The van der Waals surface area contributed by atoms with Gasteiger partial charge in [-0.25, -0.2) is 4.99 Å². The molecule has 0 amide bonds. The van der Waals surface area contributed by atoms with Gasteiger partial charge in [-0.05, 0) is 19.1 Å². The van der Waals surface area contributed by atoms with Gasteiger partial charge in [-0.3, -0.25) is 9.98 Å². The van der Waals surface area contributed by atoms with Crippen LogP contribution in [0.3, 0.4) is 0 Å². The molecule has 0 unspecified atom stereocenters. The van der Waals surface area contributed by atoms with Crippen molar-refractivity contribution in [1.29, 1.82) is 0 Å². The van der Waals surface area contributed by atoms with E-state index in [2.05, 4.69) is 34.9 Å². The van der Waals surface area contributed by atoms with Crippen LogP contribution in [0.2, 0.25) is 0 Å². The summed E-state index contributed by atoms with van der Waals surface area (Å²) in [5.41, 5.74) is 3.22. The van der Waals surface area contributed by atoms with Gasteiger partial charge in [0, 0.05) is 23.4 Å². The molecule has 0 spiro atoms. The summed E-state index contributed by atoms with van der Waals surface area (Å²) in [4.78, 5) is 13.1. The van der Waals surface area contributed by atoms with E-state index >= 15 is 0 Å². The van der Waals surface area contributed by atoms with E-state index in [1.165, 1.54) is 0 Å². The van der Waals surface area contributed by atoms with Crippen molar-refractivity contribution in [2.45, 2.75) is 20.8 Å². The summed E-state index contributed by atoms with van der Waals surface area (Å²) in [7, 11) is 0. The molecule has 1 aromatic rings. The maximum absolute atomic E-state index is 4.54. The fourth-order valence-corrected chi connectivity index (χ4v) is 1.56. The maximum Gasteiger partial charge on any atom is 0.126 e. The molecule has 0 saturated heterocycles. The number of aryl methyl sites for hydroxylation is 1. The molecule has 0 fully saturated rings. The van der Waals surface area contributed by atoms with Crippen molar-refractivity contribution < 1.29 is 0 Å². The van der Waals surface area contributed by atoms with E-state index in [-0.39, 0.29) is 0 Å². The molecule has 2 heterocycles. The molecule has 0 radical (unpaired) electrons. The van der Waals surface area contributed by atoms with Crippen molar-refractivity contribution in [2.24, 2.45) is 15.9 Å². The van der Waals surface area contributed by atoms with Gasteiger partial charge < -0.3 is 0 Å². The summed E-state index contributed by atoms with van der Waals surface area (Å²) in [6.07, 6.45) is 1.82. The van der Waals surface area contributed by atoms with Crippen LogP contribution in [0.5, 0.6) is 0 Å². The second-order valence-electron chi connectivity index (χ2n) is 4.07. The predicted molar refractivity (Wildman–Crippen MR) is 62.7 cm³/mol. The number of rotatable bonds is 2. The van der Waals surface area contributed by atoms with Gasteiger partial charge in [-0.1, -0.05) is 13.8 Å². The van der Waals surface area contributed by atoms with Crippen molar-refractivity contribution in [3.63, 3.8) is 0 Å². The van der Waals surface area contributed by atoms with E-state index in [0.717, 1.165) is 22.8 Å². The highest BCUT2D eigenvalue weighted by Gasteiger charge is 2.14. The minimum Gasteiger partial charge on any atom is -0.264 e. The number of hydrogen-bond acceptors (Lipinski definition) is 3. The molecule has 15 heavy (non-hydrogen) atoms. The predicted octanol–water partition coefficient (Wildman–Crippen LogP) is 2.25. The van der Waals surface area contributed by atoms with Crippen molar-refractivity contribution in [1.82, 2.24) is 4.98 Å². The van der Waals surface area contributed by atoms with Crippen molar-refractivity contribution >= 4 is 11.5 Å². The first-order chi connectivity index (χ1) is 7.16. The minimum atomic E-state index is 0.408. The molecule has 0 aliphatic carbocycles. The summed E-state index contributed by atoms with van der Waals surface area (Å²) in [5, 5.41) is 0. The number of hydrogen-bond donors (Lipinski definition) is 0. The average Bonchev–Trinajstić information content (AvgIpc) is 2.66. The second-order valence-corrected chi connectivity index (χ2v) is 4.07. The smallest absolute Gasteiger partial charge is 0.126 e. The molecule has 2 rings (SSSR count). The Hall–Kier alpha value is -1.51. The van der Waals surface area contributed by atoms with Gasteiger partial charge in [0.2, 0.25) is 0 Å². The quantitative estimate of drug-likeness (QED) is 0.723. The lowest BCUT2D eigenvalue weighted by atomic mass is 10.1. The maximum atomic E-state index is 4.54. The molecule has 1 aromatic heterocycles. The van der Waals surface area contributed by atoms with E-state index < -0.39 is 0 Å². The van der Waals surface area contributed by atoms with Crippen LogP contribution < -0.4 is 0 Å². The van der Waals surface area contributed by atoms with Crippen LogP contribution in [-0.4, -0.2) is 23.1 Å². The van der Waals surface area contributed by atoms with E-state index in [1.54, 1.807) is 0 Å². The van der Waals surface area contributed by atoms with Crippen molar-refractivity contribution in [3.05, 3.63) is 29.6 Å². The Morgan fingerprint density at radius 3 is 2.73 bits per heavy atom. The van der Waals surface area contributed by atoms with Crippen LogP contribution in [0.1, 0.15) is 25.1 Å². The zero-order chi connectivity index (χ0) is 10.8. The summed E-state index contributed by atoms with van der Waals surface area (Å²) < 4.78 is 0. The standard InChI is InChI=1S/C12H15N3/c1-8(2)12-14-7-11(15-12)10-4-5-13-9(3)6-10/h4-6,8H,7H2,1-3H3. The van der Waals surface area contributed by atoms with Crippen LogP contribution >= 0.6 is 0 Å². The Bertz CT molecular complexity index is 430. The lowest BCUT2D eigenvalue weighted by Crippen LogP contribution is -2.04. The Labute approximate surface area is 90.0 Å². The zero-order valence-electron chi connectivity index (χ0n) is 9.36. The number of aromatic nitrogens is 1. The van der Waals surface area contributed by atoms with Gasteiger partial charge in [0.25, 0.3) is 0 Å². The lowest BCUT2D eigenvalue weighted by molar-refractivity contribution is 0.874. The first-order valence-corrected chi connectivity index (χ1v) is 5.22. The van der Waals surface area contributed by atoms with Crippen LogP contribution in [-0.2, 0) is 0 Å². The first kappa shape index (κ1) is 10.0. The molecule has 3 nitrogen and oxygen atoms in total. The molecule has 1 aliphatic heterocycles. The van der Waals surface area contributed by atoms with Crippen molar-refractivity contribution in [2.75, 3.05) is 6.54 Å². The number of pyridine rings is 1. The van der Waals surface area contributed by atoms with Crippen LogP contribution in [0.4, 0.5) is 0 Å². The van der Waals surface area contributed by atoms with Crippen LogP contribution in [0, 0.1) is 12.8 Å². The molecule has 1 aliphatic rings. The molecule has 78 valence electrons. The second kappa shape index (κ2) is 3.93. The van der Waals surface area contributed by atoms with Gasteiger partial charge in [-0.15, -0.1) is 0 Å². The molecule has 0 atom stereocenters. The lowest BCUT2D eigenvalue weighted by Gasteiger charge is -2.00. The molecule has 0 N–H and O–H groups in total. The normalized spacial score (nSPS) is 15.5.